The molecule has 0 unspecified atom stereocenters. The summed E-state index contributed by atoms with van der Waals surface area (Å²) in [6, 6.07) is 10.0. The lowest BCUT2D eigenvalue weighted by atomic mass is 9.83. The molecule has 5 nitrogen and oxygen atoms in total. The second kappa shape index (κ2) is 6.45. The quantitative estimate of drug-likeness (QED) is 0.589. The Kier molecular flexibility index (Phi) is 4.92. The monoisotopic (exact) mass is 346 g/mol. The van der Waals surface area contributed by atoms with Gasteiger partial charge < -0.3 is 4.55 Å². The number of aliphatic imine (C=N–C) groups is 1. The smallest absolute Gasteiger partial charge is 0.326 e. The van der Waals surface area contributed by atoms with Crippen molar-refractivity contribution in [1.82, 2.24) is 0 Å². The van der Waals surface area contributed by atoms with Gasteiger partial charge in [-0.1, -0.05) is 17.7 Å². The number of pyridine rings is 1. The molecule has 6 heteroatoms. The van der Waals surface area contributed by atoms with Crippen molar-refractivity contribution in [2.45, 2.75) is 38.0 Å². The zero-order valence-corrected chi connectivity index (χ0v) is 15.4. The number of rotatable bonds is 1. The summed E-state index contributed by atoms with van der Waals surface area (Å²) in [5.74, 6) is 1.10. The Morgan fingerprint density at radius 2 is 1.67 bits per heavy atom. The third kappa shape index (κ3) is 3.71. The van der Waals surface area contributed by atoms with Crippen LogP contribution < -0.4 is 4.57 Å². The maximum absolute atomic E-state index is 10.4. The molecular weight excluding hydrogens is 324 g/mol. The summed E-state index contributed by atoms with van der Waals surface area (Å²) >= 11 is 0. The topological polar surface area (TPSA) is 73.4 Å². The van der Waals surface area contributed by atoms with Gasteiger partial charge >= 0.3 is 5.82 Å². The highest BCUT2D eigenvalue weighted by Gasteiger charge is 2.39. The minimum absolute atomic E-state index is 0.106. The Morgan fingerprint density at radius 3 is 2.17 bits per heavy atom. The number of nitrogens with zero attached hydrogens (tertiary/aromatic N) is 2. The molecule has 0 spiro atoms. The number of fused-ring (bicyclic) bond motifs is 1. The number of benzene rings is 1. The second-order valence-corrected chi connectivity index (χ2v) is 7.83. The summed E-state index contributed by atoms with van der Waals surface area (Å²) in [6.45, 7) is 8.36. The third-order valence-electron chi connectivity index (χ3n) is 4.31. The zero-order chi connectivity index (χ0) is 18.1. The van der Waals surface area contributed by atoms with Gasteiger partial charge in [0.25, 0.3) is 0 Å². The Labute approximate surface area is 143 Å². The molecular formula is C18H22N2O3S. The molecule has 1 aromatic carbocycles. The maximum atomic E-state index is 10.4. The van der Waals surface area contributed by atoms with Gasteiger partial charge in [-0.15, -0.1) is 0 Å². The van der Waals surface area contributed by atoms with Crippen LogP contribution in [0, 0.1) is 6.92 Å². The van der Waals surface area contributed by atoms with Crippen molar-refractivity contribution < 1.29 is 17.5 Å². The number of aryl methyl sites for hydroxylation is 2. The van der Waals surface area contributed by atoms with Gasteiger partial charge in [-0.3, -0.25) is 0 Å². The summed E-state index contributed by atoms with van der Waals surface area (Å²) in [4.78, 5) is 4.41. The van der Waals surface area contributed by atoms with Crippen molar-refractivity contribution in [3.05, 3.63) is 53.7 Å². The summed E-state index contributed by atoms with van der Waals surface area (Å²) in [7, 11) is -2.23. The molecule has 0 saturated carbocycles. The van der Waals surface area contributed by atoms with Crippen molar-refractivity contribution in [3.63, 3.8) is 0 Å². The van der Waals surface area contributed by atoms with Gasteiger partial charge in [0.1, 0.15) is 15.8 Å². The molecule has 0 aliphatic carbocycles. The van der Waals surface area contributed by atoms with E-state index in [1.165, 1.54) is 23.4 Å². The Morgan fingerprint density at radius 1 is 1.08 bits per heavy atom. The average Bonchev–Trinajstić information content (AvgIpc) is 2.72. The van der Waals surface area contributed by atoms with Gasteiger partial charge in [-0.25, -0.2) is 13.0 Å². The van der Waals surface area contributed by atoms with Gasteiger partial charge in [0.05, 0.1) is 29.1 Å². The first kappa shape index (κ1) is 18.3. The molecule has 0 radical (unpaired) electrons. The minimum atomic E-state index is -4.27. The van der Waals surface area contributed by atoms with E-state index in [2.05, 4.69) is 42.5 Å². The van der Waals surface area contributed by atoms with E-state index in [0.717, 1.165) is 11.4 Å². The molecule has 1 aliphatic rings. The molecule has 0 amide bonds. The Bertz CT molecular complexity index is 883. The molecule has 1 aromatic heterocycles. The van der Waals surface area contributed by atoms with Crippen LogP contribution in [-0.2, 0) is 22.6 Å². The van der Waals surface area contributed by atoms with Crippen molar-refractivity contribution in [1.29, 1.82) is 0 Å². The maximum Gasteiger partial charge on any atom is 0.326 e. The van der Waals surface area contributed by atoms with Crippen molar-refractivity contribution in [2.24, 2.45) is 12.0 Å². The first-order chi connectivity index (χ1) is 11.0. The molecule has 0 fully saturated rings. The summed E-state index contributed by atoms with van der Waals surface area (Å²) in [5.41, 5.74) is 3.56. The lowest BCUT2D eigenvalue weighted by Gasteiger charge is -2.15. The zero-order valence-electron chi connectivity index (χ0n) is 14.6. The highest BCUT2D eigenvalue weighted by Crippen LogP contribution is 2.36. The lowest BCUT2D eigenvalue weighted by molar-refractivity contribution is -0.658. The van der Waals surface area contributed by atoms with E-state index in [4.69, 9.17) is 0 Å². The summed E-state index contributed by atoms with van der Waals surface area (Å²) in [5, 5.41) is 0. The predicted molar refractivity (Wildman–Crippen MR) is 92.6 cm³/mol. The number of hydrogen-bond donors (Lipinski definition) is 0. The molecule has 2 aromatic rings. The molecule has 0 bridgehead atoms. The van der Waals surface area contributed by atoms with Crippen LogP contribution in [0.25, 0.3) is 0 Å². The lowest BCUT2D eigenvalue weighted by Crippen LogP contribution is -2.29. The van der Waals surface area contributed by atoms with Crippen molar-refractivity contribution in [3.8, 4) is 0 Å². The van der Waals surface area contributed by atoms with Crippen LogP contribution in [0.15, 0.2) is 52.5 Å². The van der Waals surface area contributed by atoms with E-state index in [1.807, 2.05) is 20.2 Å². The fourth-order valence-corrected chi connectivity index (χ4v) is 2.90. The summed E-state index contributed by atoms with van der Waals surface area (Å²) in [6.07, 6.45) is 2.04. The standard InChI is InChI=1S/C11H15N2.C7H8O3S/c1-8-11(2,3)9-6-5-7-13(4)10(9)12-8;1-6-2-4-7(5-3-6)11(8,9)10/h5-7H,1-4H3;2-5H,1H3,(H,8,9,10)/q+1;/p-1. The molecule has 2 heterocycles. The van der Waals surface area contributed by atoms with Crippen LogP contribution in [-0.4, -0.2) is 18.7 Å². The van der Waals surface area contributed by atoms with E-state index < -0.39 is 10.1 Å². The molecule has 0 saturated heterocycles. The van der Waals surface area contributed by atoms with E-state index in [9.17, 15) is 13.0 Å². The Balaban J connectivity index is 0.000000177. The normalized spacial score (nSPS) is 15.2. The highest BCUT2D eigenvalue weighted by molar-refractivity contribution is 7.85. The molecule has 0 atom stereocenters. The Hall–Kier alpha value is -2.05. The van der Waals surface area contributed by atoms with Crippen molar-refractivity contribution >= 4 is 21.6 Å². The van der Waals surface area contributed by atoms with Crippen molar-refractivity contribution in [2.75, 3.05) is 0 Å². The summed E-state index contributed by atoms with van der Waals surface area (Å²) < 4.78 is 33.2. The fraction of sp³-hybridized carbons (Fsp3) is 0.333. The molecule has 0 N–H and O–H groups in total. The molecule has 24 heavy (non-hydrogen) atoms. The predicted octanol–water partition coefficient (Wildman–Crippen LogP) is 2.79. The van der Waals surface area contributed by atoms with Gasteiger partial charge in [-0.05, 0) is 57.0 Å². The van der Waals surface area contributed by atoms with Gasteiger partial charge in [0.15, 0.2) is 0 Å². The highest BCUT2D eigenvalue weighted by atomic mass is 32.2. The van der Waals surface area contributed by atoms with Crippen LogP contribution in [0.3, 0.4) is 0 Å². The first-order valence-corrected chi connectivity index (χ1v) is 9.02. The fourth-order valence-electron chi connectivity index (χ4n) is 2.43. The van der Waals surface area contributed by atoms with Gasteiger partial charge in [-0.2, -0.15) is 0 Å². The van der Waals surface area contributed by atoms with Gasteiger partial charge in [0.2, 0.25) is 0 Å². The SMILES string of the molecule is CC1=Nc2c(ccc[n+]2C)C1(C)C.Cc1ccc(S(=O)(=O)[O-])cc1. The third-order valence-corrected chi connectivity index (χ3v) is 5.16. The van der Waals surface area contributed by atoms with E-state index >= 15 is 0 Å². The molecule has 3 rings (SSSR count). The molecule has 1 aliphatic heterocycles. The largest absolute Gasteiger partial charge is 0.744 e. The van der Waals surface area contributed by atoms with Crippen LogP contribution in [0.2, 0.25) is 0 Å². The minimum Gasteiger partial charge on any atom is -0.744 e. The van der Waals surface area contributed by atoms with Gasteiger partial charge in [0, 0.05) is 0 Å². The van der Waals surface area contributed by atoms with Crippen LogP contribution >= 0.6 is 0 Å². The van der Waals surface area contributed by atoms with E-state index in [0.29, 0.717) is 0 Å². The van der Waals surface area contributed by atoms with E-state index in [-0.39, 0.29) is 10.3 Å². The van der Waals surface area contributed by atoms with Crippen LogP contribution in [0.5, 0.6) is 0 Å². The van der Waals surface area contributed by atoms with E-state index in [1.54, 1.807) is 12.1 Å². The molecule has 128 valence electrons. The first-order valence-electron chi connectivity index (χ1n) is 7.61. The second-order valence-electron chi connectivity index (χ2n) is 6.45. The number of hydrogen-bond acceptors (Lipinski definition) is 4. The number of aromatic nitrogens is 1. The van der Waals surface area contributed by atoms with Crippen LogP contribution in [0.1, 0.15) is 31.9 Å². The average molecular weight is 346 g/mol. The van der Waals surface area contributed by atoms with Crippen LogP contribution in [0.4, 0.5) is 5.82 Å².